The Morgan fingerprint density at radius 2 is 1.65 bits per heavy atom. The van der Waals surface area contributed by atoms with Crippen molar-refractivity contribution < 1.29 is 0 Å². The molecule has 1 nitrogen and oxygen atoms in total. The molecular formula is C30H41N. The van der Waals surface area contributed by atoms with Crippen molar-refractivity contribution in [2.45, 2.75) is 66.2 Å². The molecule has 0 saturated heterocycles. The van der Waals surface area contributed by atoms with Gasteiger partial charge in [0.05, 0.1) is 0 Å². The van der Waals surface area contributed by atoms with Gasteiger partial charge >= 0.3 is 0 Å². The van der Waals surface area contributed by atoms with Crippen molar-refractivity contribution in [2.75, 3.05) is 6.54 Å². The molecule has 166 valence electrons. The zero-order valence-electron chi connectivity index (χ0n) is 20.2. The Labute approximate surface area is 191 Å². The predicted octanol–water partition coefficient (Wildman–Crippen LogP) is 8.34. The van der Waals surface area contributed by atoms with Gasteiger partial charge in [-0.1, -0.05) is 110 Å². The Balaban J connectivity index is 2.08. The molecule has 0 aliphatic carbocycles. The molecule has 0 bridgehead atoms. The molecule has 0 aliphatic heterocycles. The number of allylic oxidation sites excluding steroid dienone is 5. The molecule has 2 aromatic rings. The highest BCUT2D eigenvalue weighted by molar-refractivity contribution is 5.42. The number of nitrogens with one attached hydrogen (secondary N) is 1. The van der Waals surface area contributed by atoms with E-state index in [1.54, 1.807) is 0 Å². The molecule has 0 heterocycles. The van der Waals surface area contributed by atoms with Crippen LogP contribution in [-0.2, 0) is 0 Å². The largest absolute Gasteiger partial charge is 0.389 e. The second kappa shape index (κ2) is 13.0. The molecule has 1 N–H and O–H groups in total. The van der Waals surface area contributed by atoms with Gasteiger partial charge in [0, 0.05) is 18.2 Å². The molecular weight excluding hydrogens is 374 g/mol. The second-order valence-corrected chi connectivity index (χ2v) is 8.90. The maximum atomic E-state index is 4.09. The zero-order valence-corrected chi connectivity index (χ0v) is 20.2. The van der Waals surface area contributed by atoms with E-state index in [1.807, 2.05) is 0 Å². The van der Waals surface area contributed by atoms with Gasteiger partial charge in [0.1, 0.15) is 0 Å². The fourth-order valence-corrected chi connectivity index (χ4v) is 4.03. The van der Waals surface area contributed by atoms with E-state index < -0.39 is 0 Å². The zero-order chi connectivity index (χ0) is 22.6. The van der Waals surface area contributed by atoms with Gasteiger partial charge in [-0.15, -0.1) is 0 Å². The fourth-order valence-electron chi connectivity index (χ4n) is 4.03. The summed E-state index contributed by atoms with van der Waals surface area (Å²) < 4.78 is 0. The van der Waals surface area contributed by atoms with Gasteiger partial charge < -0.3 is 5.32 Å². The smallest absolute Gasteiger partial charge is 0.0299 e. The molecule has 0 fully saturated rings. The summed E-state index contributed by atoms with van der Waals surface area (Å²) in [5.74, 6) is 0.869. The summed E-state index contributed by atoms with van der Waals surface area (Å²) >= 11 is 0. The number of hydrogen-bond donors (Lipinski definition) is 1. The first-order chi connectivity index (χ1) is 14.9. The van der Waals surface area contributed by atoms with E-state index in [2.05, 4.69) is 113 Å². The normalized spacial score (nSPS) is 14.2. The van der Waals surface area contributed by atoms with Crippen LogP contribution in [0, 0.1) is 12.8 Å². The third-order valence-corrected chi connectivity index (χ3v) is 6.09. The van der Waals surface area contributed by atoms with E-state index in [4.69, 9.17) is 0 Å². The van der Waals surface area contributed by atoms with Crippen LogP contribution in [0.2, 0.25) is 0 Å². The molecule has 0 spiro atoms. The molecule has 2 unspecified atom stereocenters. The minimum absolute atomic E-state index is 0.286. The first-order valence-corrected chi connectivity index (χ1v) is 11.8. The third kappa shape index (κ3) is 8.25. The average molecular weight is 416 g/mol. The summed E-state index contributed by atoms with van der Waals surface area (Å²) in [5, 5.41) is 3.46. The molecule has 2 atom stereocenters. The highest BCUT2D eigenvalue weighted by atomic mass is 14.9. The van der Waals surface area contributed by atoms with Crippen LogP contribution in [0.15, 0.2) is 90.2 Å². The summed E-state index contributed by atoms with van der Waals surface area (Å²) in [6, 6.07) is 19.7. The topological polar surface area (TPSA) is 12.0 Å². The van der Waals surface area contributed by atoms with Crippen LogP contribution in [0.3, 0.4) is 0 Å². The van der Waals surface area contributed by atoms with Crippen molar-refractivity contribution in [2.24, 2.45) is 5.92 Å². The maximum Gasteiger partial charge on any atom is 0.0299 e. The Hall–Kier alpha value is -2.54. The lowest BCUT2D eigenvalue weighted by Crippen LogP contribution is -2.14. The summed E-state index contributed by atoms with van der Waals surface area (Å²) in [5.41, 5.74) is 8.01. The van der Waals surface area contributed by atoms with Gasteiger partial charge in [0.15, 0.2) is 0 Å². The first-order valence-electron chi connectivity index (χ1n) is 11.8. The molecule has 0 aromatic heterocycles. The predicted molar refractivity (Wildman–Crippen MR) is 137 cm³/mol. The third-order valence-electron chi connectivity index (χ3n) is 6.09. The van der Waals surface area contributed by atoms with E-state index in [0.717, 1.165) is 19.4 Å². The molecule has 2 aromatic carbocycles. The molecule has 2 rings (SSSR count). The van der Waals surface area contributed by atoms with Gasteiger partial charge in [-0.05, 0) is 57.1 Å². The van der Waals surface area contributed by atoms with Crippen LogP contribution in [0.25, 0.3) is 0 Å². The highest BCUT2D eigenvalue weighted by Crippen LogP contribution is 2.32. The van der Waals surface area contributed by atoms with E-state index in [1.165, 1.54) is 46.4 Å². The minimum atomic E-state index is 0.286. The Kier molecular flexibility index (Phi) is 10.4. The number of benzene rings is 2. The van der Waals surface area contributed by atoms with Crippen molar-refractivity contribution >= 4 is 0 Å². The lowest BCUT2D eigenvalue weighted by molar-refractivity contribution is 0.559. The molecule has 0 aliphatic rings. The van der Waals surface area contributed by atoms with Gasteiger partial charge in [-0.3, -0.25) is 0 Å². The Morgan fingerprint density at radius 1 is 0.968 bits per heavy atom. The first kappa shape index (κ1) is 24.7. The van der Waals surface area contributed by atoms with Crippen LogP contribution < -0.4 is 5.32 Å². The van der Waals surface area contributed by atoms with Crippen LogP contribution in [0.5, 0.6) is 0 Å². The van der Waals surface area contributed by atoms with E-state index in [0.29, 0.717) is 5.92 Å². The van der Waals surface area contributed by atoms with Gasteiger partial charge in [-0.25, -0.2) is 0 Å². The monoisotopic (exact) mass is 415 g/mol. The summed E-state index contributed by atoms with van der Waals surface area (Å²) in [6.45, 7) is 16.3. The number of hydrogen-bond acceptors (Lipinski definition) is 1. The van der Waals surface area contributed by atoms with E-state index in [9.17, 15) is 0 Å². The molecule has 0 amide bonds. The molecule has 1 heteroatoms. The quantitative estimate of drug-likeness (QED) is 0.271. The summed E-state index contributed by atoms with van der Waals surface area (Å²) in [4.78, 5) is 0. The fraction of sp³-hybridized carbons (Fsp3) is 0.400. The SMILES string of the molecule is C=C(CCC)NCCCC(C)/C(C)=C/C=C(\C)C(c1ccccc1)c1cccc(C)c1. The minimum Gasteiger partial charge on any atom is -0.389 e. The summed E-state index contributed by atoms with van der Waals surface area (Å²) in [6.07, 6.45) is 9.25. The van der Waals surface area contributed by atoms with Gasteiger partial charge in [0.25, 0.3) is 0 Å². The van der Waals surface area contributed by atoms with Crippen molar-refractivity contribution in [3.8, 4) is 0 Å². The number of rotatable bonds is 12. The second-order valence-electron chi connectivity index (χ2n) is 8.90. The van der Waals surface area contributed by atoms with Crippen molar-refractivity contribution in [1.29, 1.82) is 0 Å². The lowest BCUT2D eigenvalue weighted by atomic mass is 9.84. The van der Waals surface area contributed by atoms with Crippen molar-refractivity contribution in [3.05, 3.63) is 107 Å². The standard InChI is InChI=1S/C30H41N/c1-7-13-27(6)31-21-12-15-24(3)25(4)19-20-26(5)30(28-16-9-8-10-17-28)29-18-11-14-23(2)22-29/h8-11,14,16-20,22,24,30-31H,6-7,12-13,15,21H2,1-5H3/b25-19+,26-20+. The van der Waals surface area contributed by atoms with Crippen molar-refractivity contribution in [1.82, 2.24) is 5.32 Å². The van der Waals surface area contributed by atoms with Crippen LogP contribution in [0.4, 0.5) is 0 Å². The molecule has 31 heavy (non-hydrogen) atoms. The Morgan fingerprint density at radius 3 is 2.32 bits per heavy atom. The van der Waals surface area contributed by atoms with E-state index in [-0.39, 0.29) is 5.92 Å². The molecule has 0 saturated carbocycles. The lowest BCUT2D eigenvalue weighted by Gasteiger charge is -2.20. The Bertz CT molecular complexity index is 872. The summed E-state index contributed by atoms with van der Waals surface area (Å²) in [7, 11) is 0. The van der Waals surface area contributed by atoms with Gasteiger partial charge in [0.2, 0.25) is 0 Å². The van der Waals surface area contributed by atoms with Gasteiger partial charge in [-0.2, -0.15) is 0 Å². The van der Waals surface area contributed by atoms with Crippen LogP contribution in [0.1, 0.15) is 76.0 Å². The van der Waals surface area contributed by atoms with Crippen molar-refractivity contribution in [3.63, 3.8) is 0 Å². The molecule has 0 radical (unpaired) electrons. The van der Waals surface area contributed by atoms with E-state index >= 15 is 0 Å². The number of aryl methyl sites for hydroxylation is 1. The average Bonchev–Trinajstić information content (AvgIpc) is 2.76. The maximum absolute atomic E-state index is 4.09. The van der Waals surface area contributed by atoms with Crippen LogP contribution in [-0.4, -0.2) is 6.54 Å². The highest BCUT2D eigenvalue weighted by Gasteiger charge is 2.16. The van der Waals surface area contributed by atoms with Crippen LogP contribution >= 0.6 is 0 Å².